The summed E-state index contributed by atoms with van der Waals surface area (Å²) in [5.74, 6) is 0.303. The van der Waals surface area contributed by atoms with Crippen molar-refractivity contribution in [2.24, 2.45) is 0 Å². The number of nitrogens with one attached hydrogen (secondary N) is 1. The van der Waals surface area contributed by atoms with Gasteiger partial charge in [0.1, 0.15) is 24.2 Å². The number of carbonyl (C=O) groups excluding carboxylic acids is 1. The first-order valence-corrected chi connectivity index (χ1v) is 9.40. The molecule has 1 amide bonds. The number of carbonyl (C=O) groups is 1. The monoisotopic (exact) mass is 397 g/mol. The summed E-state index contributed by atoms with van der Waals surface area (Å²) in [6.45, 7) is 0. The molecular weight excluding hydrogens is 374 g/mol. The van der Waals surface area contributed by atoms with Crippen molar-refractivity contribution in [1.29, 1.82) is 0 Å². The summed E-state index contributed by atoms with van der Waals surface area (Å²) in [7, 11) is 3.74. The molecule has 152 valence electrons. The van der Waals surface area contributed by atoms with Crippen molar-refractivity contribution in [2.75, 3.05) is 19.0 Å². The van der Waals surface area contributed by atoms with Gasteiger partial charge in [0.15, 0.2) is 17.0 Å². The van der Waals surface area contributed by atoms with Gasteiger partial charge in [-0.1, -0.05) is 6.07 Å². The molecule has 0 unspecified atom stereocenters. The smallest absolute Gasteiger partial charge is 0.270 e. The van der Waals surface area contributed by atoms with Crippen molar-refractivity contribution in [1.82, 2.24) is 29.8 Å². The molecule has 3 N–H and O–H groups in total. The first kappa shape index (κ1) is 19.2. The second kappa shape index (κ2) is 7.72. The molecule has 0 aromatic carbocycles. The van der Waals surface area contributed by atoms with E-state index in [-0.39, 0.29) is 11.6 Å². The Bertz CT molecular complexity index is 1010. The van der Waals surface area contributed by atoms with Crippen LogP contribution < -0.4 is 10.2 Å². The van der Waals surface area contributed by atoms with Gasteiger partial charge in [-0.2, -0.15) is 0 Å². The SMILES string of the molecule is CN(C)c1ncnc2c1ncn2[C@@H]1CC[C@@H](NC(=O)c2ccccn2)[C@H](O)[C@H]1O. The normalized spacial score (nSPS) is 24.4. The third-order valence-corrected chi connectivity index (χ3v) is 5.26. The van der Waals surface area contributed by atoms with Gasteiger partial charge in [-0.3, -0.25) is 9.78 Å². The van der Waals surface area contributed by atoms with Gasteiger partial charge >= 0.3 is 0 Å². The summed E-state index contributed by atoms with van der Waals surface area (Å²) in [6, 6.07) is 4.06. The molecule has 10 heteroatoms. The van der Waals surface area contributed by atoms with Crippen molar-refractivity contribution in [3.8, 4) is 0 Å². The number of hydrogen-bond acceptors (Lipinski definition) is 8. The molecule has 0 bridgehead atoms. The number of amides is 1. The van der Waals surface area contributed by atoms with Crippen LogP contribution in [0.4, 0.5) is 5.82 Å². The van der Waals surface area contributed by atoms with Gasteiger partial charge < -0.3 is 25.0 Å². The van der Waals surface area contributed by atoms with E-state index in [0.29, 0.717) is 29.8 Å². The highest BCUT2D eigenvalue weighted by Crippen LogP contribution is 2.32. The second-order valence-electron chi connectivity index (χ2n) is 7.34. The zero-order valence-electron chi connectivity index (χ0n) is 16.2. The molecule has 0 radical (unpaired) electrons. The highest BCUT2D eigenvalue weighted by Gasteiger charge is 2.40. The molecule has 4 atom stereocenters. The number of fused-ring (bicyclic) bond motifs is 1. The zero-order chi connectivity index (χ0) is 20.5. The summed E-state index contributed by atoms with van der Waals surface area (Å²) in [5, 5.41) is 24.2. The Morgan fingerprint density at radius 2 is 1.97 bits per heavy atom. The molecule has 10 nitrogen and oxygen atoms in total. The average Bonchev–Trinajstić information content (AvgIpc) is 3.16. The van der Waals surface area contributed by atoms with E-state index in [2.05, 4.69) is 25.3 Å². The Morgan fingerprint density at radius 1 is 1.14 bits per heavy atom. The first-order chi connectivity index (χ1) is 14.0. The molecule has 1 aliphatic carbocycles. The fraction of sp³-hybridized carbons (Fsp3) is 0.421. The van der Waals surface area contributed by atoms with Gasteiger partial charge in [-0.25, -0.2) is 15.0 Å². The van der Waals surface area contributed by atoms with E-state index in [1.54, 1.807) is 29.1 Å². The number of anilines is 1. The maximum atomic E-state index is 12.3. The third-order valence-electron chi connectivity index (χ3n) is 5.26. The van der Waals surface area contributed by atoms with Crippen molar-refractivity contribution >= 4 is 22.9 Å². The number of aromatic nitrogens is 5. The summed E-state index contributed by atoms with van der Waals surface area (Å²) in [5.41, 5.74) is 1.49. The zero-order valence-corrected chi connectivity index (χ0v) is 16.2. The number of aliphatic hydroxyl groups is 2. The van der Waals surface area contributed by atoms with Crippen LogP contribution in [0.15, 0.2) is 37.1 Å². The van der Waals surface area contributed by atoms with E-state index in [4.69, 9.17) is 0 Å². The molecule has 1 aliphatic rings. The fourth-order valence-electron chi connectivity index (χ4n) is 3.77. The average molecular weight is 397 g/mol. The predicted octanol–water partition coefficient (Wildman–Crippen LogP) is 0.143. The highest BCUT2D eigenvalue weighted by molar-refractivity contribution is 5.92. The van der Waals surface area contributed by atoms with Gasteiger partial charge in [0, 0.05) is 20.3 Å². The number of aliphatic hydroxyl groups excluding tert-OH is 2. The Morgan fingerprint density at radius 3 is 2.69 bits per heavy atom. The van der Waals surface area contributed by atoms with Gasteiger partial charge in [-0.15, -0.1) is 0 Å². The molecule has 3 heterocycles. The van der Waals surface area contributed by atoms with E-state index in [0.717, 1.165) is 0 Å². The Hall–Kier alpha value is -3.11. The largest absolute Gasteiger partial charge is 0.388 e. The number of nitrogens with zero attached hydrogens (tertiary/aromatic N) is 6. The maximum absolute atomic E-state index is 12.3. The molecule has 29 heavy (non-hydrogen) atoms. The summed E-state index contributed by atoms with van der Waals surface area (Å²) in [6.07, 6.45) is 3.41. The quantitative estimate of drug-likeness (QED) is 0.567. The van der Waals surface area contributed by atoms with Crippen LogP contribution in [0.1, 0.15) is 29.4 Å². The summed E-state index contributed by atoms with van der Waals surface area (Å²) >= 11 is 0. The standard InChI is InChI=1S/C19H23N7O3/c1-25(2)17-14-18(22-9-21-17)26(10-23-14)13-7-6-11(15(27)16(13)28)24-19(29)12-5-3-4-8-20-12/h3-5,8-11,13,15-16,27-28H,6-7H2,1-2H3,(H,24,29)/t11-,13-,15+,16+/m1/s1. The molecule has 3 aromatic heterocycles. The number of imidazole rings is 1. The minimum Gasteiger partial charge on any atom is -0.388 e. The van der Waals surface area contributed by atoms with Crippen molar-refractivity contribution in [2.45, 2.75) is 37.1 Å². The van der Waals surface area contributed by atoms with Gasteiger partial charge in [0.05, 0.1) is 18.4 Å². The van der Waals surface area contributed by atoms with Crippen LogP contribution >= 0.6 is 0 Å². The molecule has 1 fully saturated rings. The molecule has 0 spiro atoms. The molecule has 4 rings (SSSR count). The molecular formula is C19H23N7O3. The Balaban J connectivity index is 1.53. The van der Waals surface area contributed by atoms with Crippen LogP contribution in [0.2, 0.25) is 0 Å². The van der Waals surface area contributed by atoms with E-state index < -0.39 is 24.3 Å². The third kappa shape index (κ3) is 3.52. The lowest BCUT2D eigenvalue weighted by atomic mass is 9.85. The molecule has 1 saturated carbocycles. The summed E-state index contributed by atoms with van der Waals surface area (Å²) < 4.78 is 1.77. The second-order valence-corrected chi connectivity index (χ2v) is 7.34. The van der Waals surface area contributed by atoms with Gasteiger partial charge in [0.2, 0.25) is 0 Å². The van der Waals surface area contributed by atoms with Crippen molar-refractivity contribution < 1.29 is 15.0 Å². The Kier molecular flexibility index (Phi) is 5.12. The van der Waals surface area contributed by atoms with Crippen molar-refractivity contribution in [3.63, 3.8) is 0 Å². The van der Waals surface area contributed by atoms with E-state index in [1.807, 2.05) is 19.0 Å². The van der Waals surface area contributed by atoms with Crippen LogP contribution in [-0.2, 0) is 0 Å². The van der Waals surface area contributed by atoms with Crippen LogP contribution in [0.3, 0.4) is 0 Å². The molecule has 0 saturated heterocycles. The van der Waals surface area contributed by atoms with E-state index in [1.165, 1.54) is 12.5 Å². The number of hydrogen-bond donors (Lipinski definition) is 3. The van der Waals surface area contributed by atoms with Gasteiger partial charge in [0.25, 0.3) is 5.91 Å². The maximum Gasteiger partial charge on any atom is 0.270 e. The van der Waals surface area contributed by atoms with Crippen LogP contribution in [0.5, 0.6) is 0 Å². The molecule has 0 aliphatic heterocycles. The minimum absolute atomic E-state index is 0.268. The Labute approximate surface area is 167 Å². The lowest BCUT2D eigenvalue weighted by Gasteiger charge is -2.38. The molecule has 3 aromatic rings. The van der Waals surface area contributed by atoms with E-state index >= 15 is 0 Å². The summed E-state index contributed by atoms with van der Waals surface area (Å²) in [4.78, 5) is 31.2. The lowest BCUT2D eigenvalue weighted by molar-refractivity contribution is -0.0553. The predicted molar refractivity (Wildman–Crippen MR) is 105 cm³/mol. The fourth-order valence-corrected chi connectivity index (χ4v) is 3.77. The van der Waals surface area contributed by atoms with Crippen LogP contribution in [0.25, 0.3) is 11.2 Å². The lowest BCUT2D eigenvalue weighted by Crippen LogP contribution is -2.54. The number of rotatable bonds is 4. The van der Waals surface area contributed by atoms with Crippen LogP contribution in [0, 0.1) is 0 Å². The van der Waals surface area contributed by atoms with Crippen LogP contribution in [-0.4, -0.2) is 73.0 Å². The minimum atomic E-state index is -1.13. The van der Waals surface area contributed by atoms with E-state index in [9.17, 15) is 15.0 Å². The van der Waals surface area contributed by atoms with Gasteiger partial charge in [-0.05, 0) is 25.0 Å². The van der Waals surface area contributed by atoms with Crippen molar-refractivity contribution in [3.05, 3.63) is 42.7 Å². The topological polar surface area (TPSA) is 129 Å². The number of pyridine rings is 1. The highest BCUT2D eigenvalue weighted by atomic mass is 16.3. The first-order valence-electron chi connectivity index (χ1n) is 9.40.